The standard InChI is InChI=1S/C8H8N4O2S2/c1-16(13,14)7-4-2-6(3-5-7)9-8-10-11-12-15-8/h2-5H,1H3,(H,9,10,12). The van der Waals surface area contributed by atoms with E-state index in [9.17, 15) is 8.42 Å². The highest BCUT2D eigenvalue weighted by molar-refractivity contribution is 7.90. The Bertz CT molecular complexity index is 563. The van der Waals surface area contributed by atoms with Crippen LogP contribution in [0.2, 0.25) is 0 Å². The van der Waals surface area contributed by atoms with Crippen LogP contribution in [0.25, 0.3) is 0 Å². The summed E-state index contributed by atoms with van der Waals surface area (Å²) in [6.07, 6.45) is 1.17. The Labute approximate surface area is 96.4 Å². The molecule has 1 aromatic heterocycles. The predicted octanol–water partition coefficient (Wildman–Crippen LogP) is 1.08. The minimum atomic E-state index is -3.15. The average Bonchev–Trinajstić information content (AvgIpc) is 2.70. The van der Waals surface area contributed by atoms with Crippen LogP contribution in [0.4, 0.5) is 10.8 Å². The topological polar surface area (TPSA) is 84.8 Å². The third-order valence-corrected chi connectivity index (χ3v) is 3.47. The molecule has 0 fully saturated rings. The lowest BCUT2D eigenvalue weighted by Gasteiger charge is -2.02. The number of nitrogens with one attached hydrogen (secondary N) is 1. The van der Waals surface area contributed by atoms with E-state index in [2.05, 4.69) is 20.1 Å². The van der Waals surface area contributed by atoms with Crippen molar-refractivity contribution in [2.24, 2.45) is 0 Å². The van der Waals surface area contributed by atoms with Gasteiger partial charge in [0.1, 0.15) is 0 Å². The monoisotopic (exact) mass is 256 g/mol. The van der Waals surface area contributed by atoms with Crippen molar-refractivity contribution in [2.75, 3.05) is 11.6 Å². The van der Waals surface area contributed by atoms with Gasteiger partial charge in [0.15, 0.2) is 9.84 Å². The van der Waals surface area contributed by atoms with Crippen LogP contribution in [0, 0.1) is 0 Å². The van der Waals surface area contributed by atoms with Crippen LogP contribution in [-0.2, 0) is 9.84 Å². The molecule has 0 amide bonds. The zero-order valence-electron chi connectivity index (χ0n) is 8.28. The minimum Gasteiger partial charge on any atom is -0.329 e. The first-order valence-corrected chi connectivity index (χ1v) is 6.94. The number of benzene rings is 1. The van der Waals surface area contributed by atoms with Gasteiger partial charge in [0.25, 0.3) is 0 Å². The summed E-state index contributed by atoms with van der Waals surface area (Å²) in [5.74, 6) is 0. The highest BCUT2D eigenvalue weighted by atomic mass is 32.2. The first-order chi connectivity index (χ1) is 7.55. The molecule has 0 spiro atoms. The number of aromatic nitrogens is 3. The fraction of sp³-hybridized carbons (Fsp3) is 0.125. The molecule has 0 aliphatic heterocycles. The van der Waals surface area contributed by atoms with Crippen LogP contribution in [-0.4, -0.2) is 29.5 Å². The van der Waals surface area contributed by atoms with Crippen LogP contribution >= 0.6 is 11.5 Å². The Morgan fingerprint density at radius 1 is 1.25 bits per heavy atom. The molecule has 0 atom stereocenters. The largest absolute Gasteiger partial charge is 0.329 e. The number of hydrogen-bond acceptors (Lipinski definition) is 7. The lowest BCUT2D eigenvalue weighted by atomic mass is 10.3. The SMILES string of the molecule is CS(=O)(=O)c1ccc(Nc2nnns2)cc1. The molecule has 0 saturated carbocycles. The van der Waals surface area contributed by atoms with Crippen molar-refractivity contribution in [1.82, 2.24) is 14.8 Å². The Kier molecular flexibility index (Phi) is 2.84. The van der Waals surface area contributed by atoms with E-state index in [1.165, 1.54) is 18.4 Å². The van der Waals surface area contributed by atoms with E-state index in [1.54, 1.807) is 12.1 Å². The van der Waals surface area contributed by atoms with Gasteiger partial charge in [-0.25, -0.2) is 8.42 Å². The molecule has 6 nitrogen and oxygen atoms in total. The number of nitrogens with zero attached hydrogens (tertiary/aromatic N) is 3. The average molecular weight is 256 g/mol. The molecular weight excluding hydrogens is 248 g/mol. The summed E-state index contributed by atoms with van der Waals surface area (Å²) in [6.45, 7) is 0. The van der Waals surface area contributed by atoms with Gasteiger partial charge in [0, 0.05) is 23.5 Å². The first kappa shape index (κ1) is 11.0. The maximum atomic E-state index is 11.2. The Hall–Kier alpha value is -1.54. The van der Waals surface area contributed by atoms with Crippen LogP contribution in [0.15, 0.2) is 29.2 Å². The van der Waals surface area contributed by atoms with Crippen LogP contribution in [0.5, 0.6) is 0 Å². The van der Waals surface area contributed by atoms with Crippen LogP contribution < -0.4 is 5.32 Å². The molecule has 16 heavy (non-hydrogen) atoms. The third-order valence-electron chi connectivity index (χ3n) is 1.83. The fourth-order valence-electron chi connectivity index (χ4n) is 1.09. The predicted molar refractivity (Wildman–Crippen MR) is 60.5 cm³/mol. The van der Waals surface area contributed by atoms with Crippen molar-refractivity contribution >= 4 is 32.2 Å². The Morgan fingerprint density at radius 2 is 1.94 bits per heavy atom. The molecule has 0 aliphatic carbocycles. The number of sulfone groups is 1. The lowest BCUT2D eigenvalue weighted by molar-refractivity contribution is 0.602. The van der Waals surface area contributed by atoms with Crippen molar-refractivity contribution in [2.45, 2.75) is 4.90 Å². The molecule has 1 heterocycles. The smallest absolute Gasteiger partial charge is 0.229 e. The molecule has 0 aliphatic rings. The quantitative estimate of drug-likeness (QED) is 0.884. The fourth-order valence-corrected chi connectivity index (χ4v) is 2.11. The maximum absolute atomic E-state index is 11.2. The molecule has 0 radical (unpaired) electrons. The molecule has 1 aromatic carbocycles. The third kappa shape index (κ3) is 2.52. The van der Waals surface area contributed by atoms with Crippen molar-refractivity contribution in [3.05, 3.63) is 24.3 Å². The van der Waals surface area contributed by atoms with Gasteiger partial charge >= 0.3 is 0 Å². The Balaban J connectivity index is 2.20. The summed E-state index contributed by atoms with van der Waals surface area (Å²) < 4.78 is 26.0. The second kappa shape index (κ2) is 4.14. The van der Waals surface area contributed by atoms with E-state index in [0.717, 1.165) is 17.2 Å². The molecule has 0 saturated heterocycles. The molecule has 2 aromatic rings. The van der Waals surface area contributed by atoms with Crippen molar-refractivity contribution in [1.29, 1.82) is 0 Å². The number of hydrogen-bond donors (Lipinski definition) is 1. The molecule has 2 rings (SSSR count). The number of rotatable bonds is 3. The van der Waals surface area contributed by atoms with E-state index < -0.39 is 9.84 Å². The van der Waals surface area contributed by atoms with Crippen LogP contribution in [0.1, 0.15) is 0 Å². The summed E-state index contributed by atoms with van der Waals surface area (Å²) in [5, 5.41) is 10.7. The van der Waals surface area contributed by atoms with Crippen LogP contribution in [0.3, 0.4) is 0 Å². The molecular formula is C8H8N4O2S2. The normalized spacial score (nSPS) is 11.3. The van der Waals surface area contributed by atoms with Gasteiger partial charge in [0.2, 0.25) is 5.13 Å². The van der Waals surface area contributed by atoms with Gasteiger partial charge in [-0.2, -0.15) is 0 Å². The number of anilines is 2. The second-order valence-corrected chi connectivity index (χ2v) is 5.84. The highest BCUT2D eigenvalue weighted by Gasteiger charge is 2.06. The molecule has 84 valence electrons. The summed E-state index contributed by atoms with van der Waals surface area (Å²) in [7, 11) is -3.15. The van der Waals surface area contributed by atoms with Gasteiger partial charge < -0.3 is 5.32 Å². The molecule has 8 heteroatoms. The maximum Gasteiger partial charge on any atom is 0.229 e. The van der Waals surface area contributed by atoms with Crippen molar-refractivity contribution in [3.8, 4) is 0 Å². The van der Waals surface area contributed by atoms with Gasteiger partial charge in [-0.05, 0) is 29.5 Å². The summed E-state index contributed by atoms with van der Waals surface area (Å²) in [5.41, 5.74) is 0.742. The zero-order valence-corrected chi connectivity index (χ0v) is 9.92. The van der Waals surface area contributed by atoms with Gasteiger partial charge in [-0.3, -0.25) is 0 Å². The molecule has 0 unspecified atom stereocenters. The van der Waals surface area contributed by atoms with E-state index >= 15 is 0 Å². The zero-order chi connectivity index (χ0) is 11.6. The lowest BCUT2D eigenvalue weighted by Crippen LogP contribution is -1.97. The van der Waals surface area contributed by atoms with Gasteiger partial charge in [-0.1, -0.05) is 9.59 Å². The summed E-state index contributed by atoms with van der Waals surface area (Å²) in [6, 6.07) is 6.40. The minimum absolute atomic E-state index is 0.286. The van der Waals surface area contributed by atoms with Crippen molar-refractivity contribution in [3.63, 3.8) is 0 Å². The highest BCUT2D eigenvalue weighted by Crippen LogP contribution is 2.18. The molecule has 1 N–H and O–H groups in total. The van der Waals surface area contributed by atoms with E-state index in [1.807, 2.05) is 0 Å². The van der Waals surface area contributed by atoms with Crippen molar-refractivity contribution < 1.29 is 8.42 Å². The van der Waals surface area contributed by atoms with E-state index in [0.29, 0.717) is 5.13 Å². The van der Waals surface area contributed by atoms with Gasteiger partial charge in [0.05, 0.1) is 4.90 Å². The summed E-state index contributed by atoms with van der Waals surface area (Å²) >= 11 is 1.13. The van der Waals surface area contributed by atoms with E-state index in [4.69, 9.17) is 0 Å². The van der Waals surface area contributed by atoms with E-state index in [-0.39, 0.29) is 4.90 Å². The van der Waals surface area contributed by atoms with Gasteiger partial charge in [-0.15, -0.1) is 0 Å². The Morgan fingerprint density at radius 3 is 2.44 bits per heavy atom. The first-order valence-electron chi connectivity index (χ1n) is 4.28. The summed E-state index contributed by atoms with van der Waals surface area (Å²) in [4.78, 5) is 0.286. The molecule has 0 bridgehead atoms. The second-order valence-electron chi connectivity index (χ2n) is 3.09.